The normalized spacial score (nSPS) is 11.2. The zero-order chi connectivity index (χ0) is 13.1. The predicted molar refractivity (Wildman–Crippen MR) is 66.7 cm³/mol. The number of alkyl halides is 1. The Morgan fingerprint density at radius 1 is 1.41 bits per heavy atom. The number of carbonyl (C=O) groups excluding carboxylic acids is 1. The van der Waals surface area contributed by atoms with E-state index in [-0.39, 0.29) is 17.1 Å². The Labute approximate surface area is 105 Å². The van der Waals surface area contributed by atoms with Gasteiger partial charge in [-0.2, -0.15) is 0 Å². The summed E-state index contributed by atoms with van der Waals surface area (Å²) in [6, 6.07) is 3.85. The van der Waals surface area contributed by atoms with E-state index in [9.17, 15) is 9.90 Å². The lowest BCUT2D eigenvalue weighted by molar-refractivity contribution is 0.0909. The van der Waals surface area contributed by atoms with Crippen LogP contribution in [0.15, 0.2) is 18.2 Å². The molecule has 5 heteroatoms. The molecule has 0 saturated heterocycles. The molecule has 0 unspecified atom stereocenters. The number of phenolic OH excluding ortho intramolecular Hbond substituents is 2. The van der Waals surface area contributed by atoms with Crippen molar-refractivity contribution >= 4 is 17.5 Å². The minimum absolute atomic E-state index is 0.0842. The molecule has 1 aromatic rings. The summed E-state index contributed by atoms with van der Waals surface area (Å²) in [4.78, 5) is 11.9. The van der Waals surface area contributed by atoms with Crippen LogP contribution in [0.1, 0.15) is 30.6 Å². The molecule has 0 fully saturated rings. The molecule has 0 aliphatic heterocycles. The molecule has 4 nitrogen and oxygen atoms in total. The lowest BCUT2D eigenvalue weighted by Gasteiger charge is -2.25. The summed E-state index contributed by atoms with van der Waals surface area (Å²) in [6.07, 6.45) is 0.624. The van der Waals surface area contributed by atoms with Crippen molar-refractivity contribution in [3.8, 4) is 11.5 Å². The number of halogens is 1. The third-order valence-electron chi connectivity index (χ3n) is 2.40. The van der Waals surface area contributed by atoms with Crippen molar-refractivity contribution in [2.24, 2.45) is 0 Å². The Kier molecular flexibility index (Phi) is 4.23. The fraction of sp³-hybridized carbons (Fsp3) is 0.417. The zero-order valence-electron chi connectivity index (χ0n) is 9.83. The first kappa shape index (κ1) is 13.6. The molecule has 0 spiro atoms. The number of aromatic hydroxyl groups is 2. The summed E-state index contributed by atoms with van der Waals surface area (Å²) in [7, 11) is 0. The number of hydrogen-bond acceptors (Lipinski definition) is 3. The molecular formula is C12H16ClNO3. The molecule has 0 radical (unpaired) electrons. The number of nitrogens with one attached hydrogen (secondary N) is 1. The van der Waals surface area contributed by atoms with Crippen LogP contribution >= 0.6 is 11.6 Å². The molecule has 17 heavy (non-hydrogen) atoms. The van der Waals surface area contributed by atoms with Crippen LogP contribution in [0.2, 0.25) is 0 Å². The van der Waals surface area contributed by atoms with Crippen LogP contribution in [0, 0.1) is 0 Å². The summed E-state index contributed by atoms with van der Waals surface area (Å²) in [5.41, 5.74) is -0.311. The van der Waals surface area contributed by atoms with Crippen molar-refractivity contribution in [3.05, 3.63) is 23.8 Å². The molecule has 3 N–H and O–H groups in total. The smallest absolute Gasteiger partial charge is 0.255 e. The third-order valence-corrected chi connectivity index (χ3v) is 2.59. The van der Waals surface area contributed by atoms with E-state index in [1.54, 1.807) is 0 Å². The molecule has 1 amide bonds. The van der Waals surface area contributed by atoms with Gasteiger partial charge in [0.1, 0.15) is 11.5 Å². The van der Waals surface area contributed by atoms with Gasteiger partial charge in [-0.25, -0.2) is 0 Å². The average molecular weight is 258 g/mol. The molecule has 1 rings (SSSR count). The lowest BCUT2D eigenvalue weighted by Crippen LogP contribution is -2.43. The van der Waals surface area contributed by atoms with Crippen LogP contribution in [0.5, 0.6) is 11.5 Å². The lowest BCUT2D eigenvalue weighted by atomic mass is 10.0. The van der Waals surface area contributed by atoms with E-state index >= 15 is 0 Å². The first-order chi connectivity index (χ1) is 7.85. The summed E-state index contributed by atoms with van der Waals surface area (Å²) >= 11 is 5.63. The zero-order valence-corrected chi connectivity index (χ0v) is 10.6. The van der Waals surface area contributed by atoms with Crippen LogP contribution in [0.4, 0.5) is 0 Å². The Hall–Kier alpha value is -1.42. The second kappa shape index (κ2) is 5.27. The van der Waals surface area contributed by atoms with E-state index in [1.807, 2.05) is 13.8 Å². The summed E-state index contributed by atoms with van der Waals surface area (Å²) in [5.74, 6) is -0.282. The van der Waals surface area contributed by atoms with Gasteiger partial charge in [0.2, 0.25) is 0 Å². The summed E-state index contributed by atoms with van der Waals surface area (Å²) < 4.78 is 0. The number of carbonyl (C=O) groups is 1. The number of rotatable bonds is 4. The van der Waals surface area contributed by atoms with Crippen LogP contribution in [-0.2, 0) is 0 Å². The van der Waals surface area contributed by atoms with Crippen molar-refractivity contribution in [3.63, 3.8) is 0 Å². The number of hydrogen-bond donors (Lipinski definition) is 3. The van der Waals surface area contributed by atoms with E-state index in [2.05, 4.69) is 5.32 Å². The molecule has 0 aliphatic rings. The second-order valence-electron chi connectivity index (χ2n) is 4.48. The van der Waals surface area contributed by atoms with Crippen LogP contribution in [0.3, 0.4) is 0 Å². The van der Waals surface area contributed by atoms with Gasteiger partial charge in [-0.1, -0.05) is 0 Å². The van der Waals surface area contributed by atoms with E-state index < -0.39 is 11.4 Å². The number of benzene rings is 1. The molecule has 94 valence electrons. The van der Waals surface area contributed by atoms with Gasteiger partial charge < -0.3 is 15.5 Å². The minimum atomic E-state index is -0.441. The third kappa shape index (κ3) is 3.82. The molecule has 0 aliphatic carbocycles. The van der Waals surface area contributed by atoms with E-state index in [0.717, 1.165) is 6.07 Å². The van der Waals surface area contributed by atoms with Crippen LogP contribution in [0.25, 0.3) is 0 Å². The van der Waals surface area contributed by atoms with Gasteiger partial charge >= 0.3 is 0 Å². The summed E-state index contributed by atoms with van der Waals surface area (Å²) in [5, 5.41) is 21.4. The standard InChI is InChI=1S/C12H16ClNO3/c1-12(2,5-6-13)14-11(17)9-4-3-8(15)7-10(9)16/h3-4,7,15-16H,5-6H2,1-2H3,(H,14,17). The number of amides is 1. The Bertz CT molecular complexity index is 418. The average Bonchev–Trinajstić information content (AvgIpc) is 2.15. The van der Waals surface area contributed by atoms with Gasteiger partial charge in [0.25, 0.3) is 5.91 Å². The maximum absolute atomic E-state index is 11.9. The number of phenols is 2. The van der Waals surface area contributed by atoms with Crippen molar-refractivity contribution in [1.82, 2.24) is 5.32 Å². The second-order valence-corrected chi connectivity index (χ2v) is 4.86. The van der Waals surface area contributed by atoms with Gasteiger partial charge in [-0.05, 0) is 32.4 Å². The highest BCUT2D eigenvalue weighted by Gasteiger charge is 2.22. The Balaban J connectivity index is 2.83. The fourth-order valence-electron chi connectivity index (χ4n) is 1.39. The Morgan fingerprint density at radius 2 is 2.06 bits per heavy atom. The maximum Gasteiger partial charge on any atom is 0.255 e. The van der Waals surface area contributed by atoms with E-state index in [4.69, 9.17) is 16.7 Å². The van der Waals surface area contributed by atoms with Gasteiger partial charge in [-0.3, -0.25) is 4.79 Å². The Morgan fingerprint density at radius 3 is 2.59 bits per heavy atom. The van der Waals surface area contributed by atoms with Crippen molar-refractivity contribution in [2.75, 3.05) is 5.88 Å². The van der Waals surface area contributed by atoms with Crippen molar-refractivity contribution in [2.45, 2.75) is 25.8 Å². The van der Waals surface area contributed by atoms with Crippen LogP contribution < -0.4 is 5.32 Å². The fourth-order valence-corrected chi connectivity index (χ4v) is 1.86. The molecule has 0 atom stereocenters. The molecule has 0 bridgehead atoms. The highest BCUT2D eigenvalue weighted by molar-refractivity contribution is 6.17. The van der Waals surface area contributed by atoms with E-state index in [1.165, 1.54) is 12.1 Å². The SMILES string of the molecule is CC(C)(CCCl)NC(=O)c1ccc(O)cc1O. The molecule has 0 heterocycles. The highest BCUT2D eigenvalue weighted by Crippen LogP contribution is 2.23. The largest absolute Gasteiger partial charge is 0.508 e. The van der Waals surface area contributed by atoms with E-state index in [0.29, 0.717) is 12.3 Å². The monoisotopic (exact) mass is 257 g/mol. The van der Waals surface area contributed by atoms with Gasteiger partial charge in [-0.15, -0.1) is 11.6 Å². The van der Waals surface area contributed by atoms with Crippen molar-refractivity contribution < 1.29 is 15.0 Å². The molecular weight excluding hydrogens is 242 g/mol. The highest BCUT2D eigenvalue weighted by atomic mass is 35.5. The first-order valence-corrected chi connectivity index (χ1v) is 5.79. The van der Waals surface area contributed by atoms with Crippen molar-refractivity contribution in [1.29, 1.82) is 0 Å². The molecule has 1 aromatic carbocycles. The van der Waals surface area contributed by atoms with Gasteiger partial charge in [0.05, 0.1) is 5.56 Å². The predicted octanol–water partition coefficient (Wildman–Crippen LogP) is 2.24. The topological polar surface area (TPSA) is 69.6 Å². The quantitative estimate of drug-likeness (QED) is 0.725. The molecule has 0 aromatic heterocycles. The minimum Gasteiger partial charge on any atom is -0.508 e. The first-order valence-electron chi connectivity index (χ1n) is 5.26. The summed E-state index contributed by atoms with van der Waals surface area (Å²) in [6.45, 7) is 3.70. The van der Waals surface area contributed by atoms with Gasteiger partial charge in [0, 0.05) is 17.5 Å². The van der Waals surface area contributed by atoms with Crippen LogP contribution in [-0.4, -0.2) is 27.5 Å². The maximum atomic E-state index is 11.9. The van der Waals surface area contributed by atoms with Gasteiger partial charge in [0.15, 0.2) is 0 Å². The molecule has 0 saturated carbocycles.